The second-order valence-corrected chi connectivity index (χ2v) is 12.6. The monoisotopic (exact) mass is 534 g/mol. The lowest BCUT2D eigenvalue weighted by atomic mass is 9.76. The summed E-state index contributed by atoms with van der Waals surface area (Å²) in [5, 5.41) is 0.944. The molecule has 0 saturated carbocycles. The summed E-state index contributed by atoms with van der Waals surface area (Å²) in [5.41, 5.74) is -0.263. The van der Waals surface area contributed by atoms with Gasteiger partial charge in [0.25, 0.3) is 0 Å². The van der Waals surface area contributed by atoms with Crippen molar-refractivity contribution in [3.63, 3.8) is 0 Å². The maximum Gasteiger partial charge on any atom is 0.240 e. The van der Waals surface area contributed by atoms with E-state index in [2.05, 4.69) is 16.4 Å². The van der Waals surface area contributed by atoms with Gasteiger partial charge in [0, 0.05) is 23.1 Å². The Labute approximate surface area is 208 Å². The molecule has 2 N–H and O–H groups in total. The van der Waals surface area contributed by atoms with E-state index in [4.69, 9.17) is 23.2 Å². The summed E-state index contributed by atoms with van der Waals surface area (Å²) in [6.45, 7) is 4.70. The van der Waals surface area contributed by atoms with Crippen molar-refractivity contribution in [1.82, 2.24) is 9.44 Å². The number of halogens is 2. The first-order valence-corrected chi connectivity index (χ1v) is 14.8. The maximum atomic E-state index is 12.8. The van der Waals surface area contributed by atoms with Crippen molar-refractivity contribution in [2.24, 2.45) is 5.41 Å². The molecule has 0 fully saturated rings. The molecule has 33 heavy (non-hydrogen) atoms. The zero-order valence-electron chi connectivity index (χ0n) is 19.0. The standard InChI is InChI=1S/C23H32Cl2N2O4S2/c1-3-5-15-23(4-2,18-27-33(30,31)22-13-9-20(25)10-14-22)16-6-17-26-32(28,29)21-11-7-19(24)8-12-21/h7-14,26-27H,3-6,15-18H2,1-2H3. The van der Waals surface area contributed by atoms with Crippen LogP contribution in [0.1, 0.15) is 52.4 Å². The SMILES string of the molecule is CCCCC(CC)(CCCNS(=O)(=O)c1ccc(Cl)cc1)CNS(=O)(=O)c1ccc(Cl)cc1. The topological polar surface area (TPSA) is 92.3 Å². The van der Waals surface area contributed by atoms with Crippen LogP contribution in [0.4, 0.5) is 0 Å². The van der Waals surface area contributed by atoms with Crippen LogP contribution in [0.2, 0.25) is 10.0 Å². The van der Waals surface area contributed by atoms with Gasteiger partial charge < -0.3 is 0 Å². The minimum atomic E-state index is -3.67. The van der Waals surface area contributed by atoms with Crippen LogP contribution in [-0.4, -0.2) is 29.9 Å². The number of rotatable bonds is 14. The van der Waals surface area contributed by atoms with E-state index in [0.717, 1.165) is 25.7 Å². The minimum Gasteiger partial charge on any atom is -0.211 e. The summed E-state index contributed by atoms with van der Waals surface area (Å²) in [7, 11) is -7.29. The van der Waals surface area contributed by atoms with Crippen LogP contribution in [-0.2, 0) is 20.0 Å². The Morgan fingerprint density at radius 2 is 1.18 bits per heavy atom. The summed E-state index contributed by atoms with van der Waals surface area (Å²) < 4.78 is 55.9. The van der Waals surface area contributed by atoms with Crippen molar-refractivity contribution >= 4 is 43.2 Å². The van der Waals surface area contributed by atoms with Gasteiger partial charge in [-0.2, -0.15) is 0 Å². The van der Waals surface area contributed by atoms with Gasteiger partial charge in [-0.15, -0.1) is 0 Å². The predicted octanol–water partition coefficient (Wildman–Crippen LogP) is 5.62. The summed E-state index contributed by atoms with van der Waals surface area (Å²) in [5.74, 6) is 0. The molecule has 0 aliphatic heterocycles. The molecule has 0 aliphatic carbocycles. The Kier molecular flexibility index (Phi) is 10.7. The molecule has 0 radical (unpaired) electrons. The first kappa shape index (κ1) is 28.1. The number of unbranched alkanes of at least 4 members (excludes halogenated alkanes) is 1. The molecule has 2 aromatic carbocycles. The van der Waals surface area contributed by atoms with Crippen LogP contribution in [0.3, 0.4) is 0 Å². The largest absolute Gasteiger partial charge is 0.240 e. The smallest absolute Gasteiger partial charge is 0.211 e. The lowest BCUT2D eigenvalue weighted by molar-refractivity contribution is 0.219. The summed E-state index contributed by atoms with van der Waals surface area (Å²) >= 11 is 11.7. The Balaban J connectivity index is 2.02. The fourth-order valence-corrected chi connectivity index (χ4v) is 6.13. The highest BCUT2D eigenvalue weighted by Crippen LogP contribution is 2.34. The highest BCUT2D eigenvalue weighted by atomic mass is 35.5. The number of benzene rings is 2. The molecule has 184 valence electrons. The molecule has 0 bridgehead atoms. The number of sulfonamides is 2. The van der Waals surface area contributed by atoms with E-state index < -0.39 is 20.0 Å². The second kappa shape index (κ2) is 12.5. The normalized spacial score (nSPS) is 14.2. The van der Waals surface area contributed by atoms with E-state index in [1.807, 2.05) is 6.92 Å². The average molecular weight is 536 g/mol. The Morgan fingerprint density at radius 3 is 1.64 bits per heavy atom. The fourth-order valence-electron chi connectivity index (χ4n) is 3.64. The maximum absolute atomic E-state index is 12.8. The zero-order valence-corrected chi connectivity index (χ0v) is 22.1. The van der Waals surface area contributed by atoms with Crippen LogP contribution in [0.5, 0.6) is 0 Å². The van der Waals surface area contributed by atoms with Gasteiger partial charge in [-0.1, -0.05) is 49.9 Å². The van der Waals surface area contributed by atoms with Gasteiger partial charge in [0.1, 0.15) is 0 Å². The first-order chi connectivity index (χ1) is 15.5. The van der Waals surface area contributed by atoms with Gasteiger partial charge in [-0.05, 0) is 79.6 Å². The van der Waals surface area contributed by atoms with Crippen molar-refractivity contribution in [2.75, 3.05) is 13.1 Å². The van der Waals surface area contributed by atoms with Crippen molar-refractivity contribution in [3.8, 4) is 0 Å². The molecular formula is C23H32Cl2N2O4S2. The van der Waals surface area contributed by atoms with E-state index in [0.29, 0.717) is 29.4 Å². The molecule has 0 amide bonds. The van der Waals surface area contributed by atoms with Crippen molar-refractivity contribution < 1.29 is 16.8 Å². The molecule has 0 spiro atoms. The Bertz CT molecular complexity index is 1090. The third-order valence-electron chi connectivity index (χ3n) is 5.87. The third kappa shape index (κ3) is 8.53. The van der Waals surface area contributed by atoms with Crippen LogP contribution >= 0.6 is 23.2 Å². The molecule has 2 aromatic rings. The van der Waals surface area contributed by atoms with Crippen LogP contribution in [0, 0.1) is 5.41 Å². The van der Waals surface area contributed by atoms with E-state index in [1.165, 1.54) is 36.4 Å². The number of nitrogens with one attached hydrogen (secondary N) is 2. The zero-order chi connectivity index (χ0) is 24.5. The Hall–Kier alpha value is -1.16. The van der Waals surface area contributed by atoms with Gasteiger partial charge in [-0.3, -0.25) is 0 Å². The first-order valence-electron chi connectivity index (χ1n) is 11.0. The molecule has 0 heterocycles. The average Bonchev–Trinajstić information content (AvgIpc) is 2.79. The molecule has 2 rings (SSSR count). The van der Waals surface area contributed by atoms with E-state index in [1.54, 1.807) is 12.1 Å². The molecule has 0 aromatic heterocycles. The van der Waals surface area contributed by atoms with Gasteiger partial charge in [-0.25, -0.2) is 26.3 Å². The number of hydrogen-bond acceptors (Lipinski definition) is 4. The quantitative estimate of drug-likeness (QED) is 0.307. The molecule has 10 heteroatoms. The Morgan fingerprint density at radius 1 is 0.727 bits per heavy atom. The highest BCUT2D eigenvalue weighted by molar-refractivity contribution is 7.89. The summed E-state index contributed by atoms with van der Waals surface area (Å²) in [6.07, 6.45) is 4.87. The highest BCUT2D eigenvalue weighted by Gasteiger charge is 2.29. The van der Waals surface area contributed by atoms with E-state index in [9.17, 15) is 16.8 Å². The predicted molar refractivity (Wildman–Crippen MR) is 135 cm³/mol. The van der Waals surface area contributed by atoms with E-state index >= 15 is 0 Å². The molecule has 1 unspecified atom stereocenters. The molecule has 1 atom stereocenters. The van der Waals surface area contributed by atoms with E-state index in [-0.39, 0.29) is 21.8 Å². The van der Waals surface area contributed by atoms with Gasteiger partial charge >= 0.3 is 0 Å². The van der Waals surface area contributed by atoms with Crippen LogP contribution < -0.4 is 9.44 Å². The summed E-state index contributed by atoms with van der Waals surface area (Å²) in [6, 6.07) is 12.1. The lowest BCUT2D eigenvalue weighted by Gasteiger charge is -2.33. The van der Waals surface area contributed by atoms with Crippen LogP contribution in [0.15, 0.2) is 58.3 Å². The van der Waals surface area contributed by atoms with Gasteiger partial charge in [0.2, 0.25) is 20.0 Å². The molecule has 6 nitrogen and oxygen atoms in total. The summed E-state index contributed by atoms with van der Waals surface area (Å²) in [4.78, 5) is 0.332. The molecule has 0 aliphatic rings. The second-order valence-electron chi connectivity index (χ2n) is 8.19. The lowest BCUT2D eigenvalue weighted by Crippen LogP contribution is -2.38. The van der Waals surface area contributed by atoms with Crippen molar-refractivity contribution in [1.29, 1.82) is 0 Å². The van der Waals surface area contributed by atoms with Gasteiger partial charge in [0.05, 0.1) is 9.79 Å². The van der Waals surface area contributed by atoms with Crippen molar-refractivity contribution in [3.05, 3.63) is 58.6 Å². The minimum absolute atomic E-state index is 0.162. The fraction of sp³-hybridized carbons (Fsp3) is 0.478. The molecular weight excluding hydrogens is 503 g/mol. The molecule has 0 saturated heterocycles. The van der Waals surface area contributed by atoms with Crippen molar-refractivity contribution in [2.45, 2.75) is 62.2 Å². The van der Waals surface area contributed by atoms with Gasteiger partial charge in [0.15, 0.2) is 0 Å². The van der Waals surface area contributed by atoms with Crippen LogP contribution in [0.25, 0.3) is 0 Å². The third-order valence-corrected chi connectivity index (χ3v) is 9.27. The number of hydrogen-bond donors (Lipinski definition) is 2.